The van der Waals surface area contributed by atoms with Crippen molar-refractivity contribution in [1.82, 2.24) is 0 Å². The number of aryl methyl sites for hydroxylation is 2. The maximum atomic E-state index is 12.4. The summed E-state index contributed by atoms with van der Waals surface area (Å²) in [4.78, 5) is 24.7. The largest absolute Gasteiger partial charge is 0.496 e. The van der Waals surface area contributed by atoms with Crippen molar-refractivity contribution < 1.29 is 14.3 Å². The number of nitrogens with zero attached hydrogens (tertiary/aromatic N) is 1. The summed E-state index contributed by atoms with van der Waals surface area (Å²) in [7, 11) is 1.53. The number of carbonyl (C=O) groups is 2. The maximum Gasteiger partial charge on any atom is 0.249 e. The van der Waals surface area contributed by atoms with Crippen LogP contribution in [0, 0.1) is 31.1 Å². The van der Waals surface area contributed by atoms with Crippen molar-refractivity contribution in [1.29, 1.82) is 5.26 Å². The van der Waals surface area contributed by atoms with Crippen molar-refractivity contribution in [3.63, 3.8) is 0 Å². The molecular formula is C21H20N2O3. The van der Waals surface area contributed by atoms with Gasteiger partial charge in [-0.25, -0.2) is 0 Å². The van der Waals surface area contributed by atoms with Crippen LogP contribution >= 0.6 is 0 Å². The number of ketones is 1. The summed E-state index contributed by atoms with van der Waals surface area (Å²) in [5, 5.41) is 12.0. The monoisotopic (exact) mass is 348 g/mol. The number of hydrogen-bond acceptors (Lipinski definition) is 4. The van der Waals surface area contributed by atoms with Gasteiger partial charge in [-0.15, -0.1) is 0 Å². The smallest absolute Gasteiger partial charge is 0.249 e. The Morgan fingerprint density at radius 2 is 1.77 bits per heavy atom. The number of methoxy groups -OCH3 is 1. The minimum Gasteiger partial charge on any atom is -0.496 e. The van der Waals surface area contributed by atoms with E-state index in [9.17, 15) is 14.9 Å². The van der Waals surface area contributed by atoms with Gasteiger partial charge < -0.3 is 10.1 Å². The molecule has 0 saturated heterocycles. The summed E-state index contributed by atoms with van der Waals surface area (Å²) in [5.41, 5.74) is 3.05. The number of carbonyl (C=O) groups excluding carboxylic acids is 2. The molecule has 1 N–H and O–H groups in total. The zero-order valence-electron chi connectivity index (χ0n) is 14.9. The molecule has 2 aromatic carbocycles. The third-order valence-corrected chi connectivity index (χ3v) is 3.97. The van der Waals surface area contributed by atoms with E-state index in [0.29, 0.717) is 17.0 Å². The van der Waals surface area contributed by atoms with Crippen LogP contribution in [-0.2, 0) is 9.59 Å². The van der Waals surface area contributed by atoms with Gasteiger partial charge in [-0.3, -0.25) is 9.59 Å². The highest BCUT2D eigenvalue weighted by Crippen LogP contribution is 2.21. The fraction of sp³-hybridized carbons (Fsp3) is 0.190. The predicted octanol–water partition coefficient (Wildman–Crippen LogP) is 3.67. The Bertz CT molecular complexity index is 874. The average molecular weight is 348 g/mol. The molecule has 0 saturated carbocycles. The fourth-order valence-electron chi connectivity index (χ4n) is 2.53. The molecule has 0 radical (unpaired) electrons. The molecule has 2 rings (SSSR count). The Morgan fingerprint density at radius 1 is 1.12 bits per heavy atom. The zero-order valence-corrected chi connectivity index (χ0v) is 14.9. The van der Waals surface area contributed by atoms with E-state index >= 15 is 0 Å². The van der Waals surface area contributed by atoms with Crippen LogP contribution in [0.25, 0.3) is 6.08 Å². The van der Waals surface area contributed by atoms with Gasteiger partial charge in [-0.2, -0.15) is 5.26 Å². The molecule has 26 heavy (non-hydrogen) atoms. The van der Waals surface area contributed by atoms with E-state index in [4.69, 9.17) is 4.74 Å². The molecule has 0 bridgehead atoms. The molecule has 0 spiro atoms. The van der Waals surface area contributed by atoms with Crippen molar-refractivity contribution in [3.8, 4) is 11.8 Å². The lowest BCUT2D eigenvalue weighted by molar-refractivity contribution is -0.126. The Kier molecular flexibility index (Phi) is 6.29. The van der Waals surface area contributed by atoms with Crippen LogP contribution in [0.3, 0.4) is 0 Å². The summed E-state index contributed by atoms with van der Waals surface area (Å²) in [6.07, 6.45) is 2.77. The number of ether oxygens (including phenoxy) is 1. The number of rotatable bonds is 6. The molecule has 0 aromatic heterocycles. The first-order valence-corrected chi connectivity index (χ1v) is 8.09. The van der Waals surface area contributed by atoms with Crippen LogP contribution in [0.15, 0.2) is 48.5 Å². The van der Waals surface area contributed by atoms with E-state index in [1.165, 1.54) is 19.3 Å². The van der Waals surface area contributed by atoms with Crippen molar-refractivity contribution in [2.45, 2.75) is 13.8 Å². The van der Waals surface area contributed by atoms with Crippen LogP contribution < -0.4 is 10.1 Å². The van der Waals surface area contributed by atoms with Gasteiger partial charge in [0.1, 0.15) is 5.75 Å². The third kappa shape index (κ3) is 4.37. The minimum absolute atomic E-state index is 0.581. The number of nitriles is 1. The summed E-state index contributed by atoms with van der Waals surface area (Å²) < 4.78 is 5.21. The second-order valence-electron chi connectivity index (χ2n) is 5.80. The molecule has 1 atom stereocenters. The number of anilines is 1. The summed E-state index contributed by atoms with van der Waals surface area (Å²) in [6, 6.07) is 14.5. The topological polar surface area (TPSA) is 79.2 Å². The fourth-order valence-corrected chi connectivity index (χ4v) is 2.53. The standard InChI is InChI=1S/C21H20N2O3/c1-14-7-6-8-15(2)20(14)23-21(25)17(13-22)18(24)12-11-16-9-4-5-10-19(16)26-3/h4-12,17H,1-3H3,(H,23,25)/b12-11-/t17-/m1/s1. The molecule has 0 aliphatic rings. The molecule has 0 aliphatic heterocycles. The first kappa shape index (κ1) is 18.9. The lowest BCUT2D eigenvalue weighted by Gasteiger charge is -2.13. The van der Waals surface area contributed by atoms with Gasteiger partial charge in [0, 0.05) is 11.3 Å². The summed E-state index contributed by atoms with van der Waals surface area (Å²) in [6.45, 7) is 3.71. The van der Waals surface area contributed by atoms with Crippen LogP contribution in [0.1, 0.15) is 16.7 Å². The van der Waals surface area contributed by atoms with Crippen molar-refractivity contribution in [3.05, 3.63) is 65.2 Å². The highest BCUT2D eigenvalue weighted by molar-refractivity contribution is 6.14. The van der Waals surface area contributed by atoms with Crippen LogP contribution in [0.5, 0.6) is 5.75 Å². The first-order valence-electron chi connectivity index (χ1n) is 8.09. The number of para-hydroxylation sites is 2. The van der Waals surface area contributed by atoms with Gasteiger partial charge in [-0.05, 0) is 43.2 Å². The lowest BCUT2D eigenvalue weighted by atomic mass is 10.0. The van der Waals surface area contributed by atoms with E-state index in [-0.39, 0.29) is 0 Å². The van der Waals surface area contributed by atoms with Gasteiger partial charge in [-0.1, -0.05) is 36.4 Å². The zero-order chi connectivity index (χ0) is 19.1. The second kappa shape index (κ2) is 8.63. The van der Waals surface area contributed by atoms with E-state index in [0.717, 1.165) is 11.1 Å². The predicted molar refractivity (Wildman–Crippen MR) is 101 cm³/mol. The summed E-state index contributed by atoms with van der Waals surface area (Å²) >= 11 is 0. The lowest BCUT2D eigenvalue weighted by Crippen LogP contribution is -2.28. The van der Waals surface area contributed by atoms with Crippen LogP contribution in [0.4, 0.5) is 5.69 Å². The first-order chi connectivity index (χ1) is 12.5. The Morgan fingerprint density at radius 3 is 2.38 bits per heavy atom. The molecule has 0 fully saturated rings. The number of hydrogen-bond donors (Lipinski definition) is 1. The van der Waals surface area contributed by atoms with E-state index in [1.807, 2.05) is 44.2 Å². The minimum atomic E-state index is -1.42. The SMILES string of the molecule is COc1ccccc1/C=C\C(=O)[C@@H](C#N)C(=O)Nc1c(C)cccc1C. The molecular weight excluding hydrogens is 328 g/mol. The number of benzene rings is 2. The second-order valence-corrected chi connectivity index (χ2v) is 5.80. The van der Waals surface area contributed by atoms with E-state index < -0.39 is 17.6 Å². The van der Waals surface area contributed by atoms with Gasteiger partial charge in [0.2, 0.25) is 5.91 Å². The Labute approximate surface area is 152 Å². The van der Waals surface area contributed by atoms with Crippen molar-refractivity contribution in [2.75, 3.05) is 12.4 Å². The highest BCUT2D eigenvalue weighted by Gasteiger charge is 2.25. The number of nitrogens with one attached hydrogen (secondary N) is 1. The van der Waals surface area contributed by atoms with E-state index in [1.54, 1.807) is 18.2 Å². The van der Waals surface area contributed by atoms with Gasteiger partial charge >= 0.3 is 0 Å². The molecule has 5 heteroatoms. The normalized spacial score (nSPS) is 11.6. The summed E-state index contributed by atoms with van der Waals surface area (Å²) in [5.74, 6) is -2.04. The van der Waals surface area contributed by atoms with E-state index in [2.05, 4.69) is 5.32 Å². The number of allylic oxidation sites excluding steroid dienone is 1. The maximum absolute atomic E-state index is 12.4. The highest BCUT2D eigenvalue weighted by atomic mass is 16.5. The number of amides is 1. The molecule has 1 amide bonds. The van der Waals surface area contributed by atoms with Crippen LogP contribution in [0.2, 0.25) is 0 Å². The van der Waals surface area contributed by atoms with Crippen LogP contribution in [-0.4, -0.2) is 18.8 Å². The average Bonchev–Trinajstić information content (AvgIpc) is 2.64. The Balaban J connectivity index is 2.17. The Hall–Kier alpha value is -3.39. The molecule has 0 aliphatic carbocycles. The molecule has 5 nitrogen and oxygen atoms in total. The van der Waals surface area contributed by atoms with Crippen molar-refractivity contribution >= 4 is 23.5 Å². The third-order valence-electron chi connectivity index (χ3n) is 3.97. The molecule has 0 unspecified atom stereocenters. The van der Waals surface area contributed by atoms with Gasteiger partial charge in [0.25, 0.3) is 0 Å². The quantitative estimate of drug-likeness (QED) is 0.638. The van der Waals surface area contributed by atoms with Crippen molar-refractivity contribution in [2.24, 2.45) is 5.92 Å². The molecule has 2 aromatic rings. The van der Waals surface area contributed by atoms with Gasteiger partial charge in [0.15, 0.2) is 11.7 Å². The van der Waals surface area contributed by atoms with Gasteiger partial charge in [0.05, 0.1) is 13.2 Å². The molecule has 132 valence electrons. The molecule has 0 heterocycles.